The van der Waals surface area contributed by atoms with Crippen molar-refractivity contribution >= 4 is 11.7 Å². The van der Waals surface area contributed by atoms with Crippen molar-refractivity contribution < 1.29 is 23.8 Å². The lowest BCUT2D eigenvalue weighted by molar-refractivity contribution is -0.175. The molecule has 0 bridgehead atoms. The summed E-state index contributed by atoms with van der Waals surface area (Å²) >= 11 is 0. The van der Waals surface area contributed by atoms with Crippen LogP contribution in [0.2, 0.25) is 0 Å². The number of ether oxygens (including phenoxy) is 3. The summed E-state index contributed by atoms with van der Waals surface area (Å²) in [6, 6.07) is 9.70. The second-order valence-electron chi connectivity index (χ2n) is 12.6. The number of carbonyl (C=O) groups excluding carboxylic acids is 2. The van der Waals surface area contributed by atoms with E-state index in [4.69, 9.17) is 14.2 Å². The van der Waals surface area contributed by atoms with Gasteiger partial charge in [0.05, 0.1) is 37.3 Å². The zero-order chi connectivity index (χ0) is 30.1. The van der Waals surface area contributed by atoms with Gasteiger partial charge in [-0.15, -0.1) is 0 Å². The summed E-state index contributed by atoms with van der Waals surface area (Å²) in [5.74, 6) is 0.521. The zero-order valence-corrected chi connectivity index (χ0v) is 25.2. The number of fused-ring (bicyclic) bond motifs is 2. The molecule has 232 valence electrons. The summed E-state index contributed by atoms with van der Waals surface area (Å²) in [5, 5.41) is 16.8. The SMILES string of the molecule is C=CC(=O)N1CCN(C2NC(OCC3CCCN3C)NC3C(=O)[C@]4(CCC32)Oc2ccccc2CC4OC)CC1CC#N. The van der Waals surface area contributed by atoms with Crippen molar-refractivity contribution in [3.05, 3.63) is 42.5 Å². The highest BCUT2D eigenvalue weighted by Crippen LogP contribution is 2.44. The Balaban J connectivity index is 1.27. The van der Waals surface area contributed by atoms with Crippen LogP contribution >= 0.6 is 0 Å². The second-order valence-corrected chi connectivity index (χ2v) is 12.6. The maximum Gasteiger partial charge on any atom is 0.246 e. The average Bonchev–Trinajstić information content (AvgIpc) is 3.45. The van der Waals surface area contributed by atoms with Crippen molar-refractivity contribution in [2.24, 2.45) is 5.92 Å². The second kappa shape index (κ2) is 12.6. The predicted octanol–water partition coefficient (Wildman–Crippen LogP) is 1.25. The molecule has 1 spiro atoms. The highest BCUT2D eigenvalue weighted by atomic mass is 16.6. The maximum absolute atomic E-state index is 14.7. The third-order valence-corrected chi connectivity index (χ3v) is 10.3. The first-order chi connectivity index (χ1) is 20.9. The number of hydrogen-bond acceptors (Lipinski definition) is 10. The number of hydrogen-bond donors (Lipinski definition) is 2. The first kappa shape index (κ1) is 30.2. The van der Waals surface area contributed by atoms with Gasteiger partial charge in [0.1, 0.15) is 11.9 Å². The van der Waals surface area contributed by atoms with Crippen molar-refractivity contribution in [3.8, 4) is 11.8 Å². The molecule has 4 fully saturated rings. The Bertz CT molecular complexity index is 1250. The fourth-order valence-electron chi connectivity index (χ4n) is 7.94. The molecule has 1 aromatic carbocycles. The molecule has 4 aliphatic heterocycles. The molecule has 5 aliphatic rings. The minimum absolute atomic E-state index is 0.00256. The molecule has 1 aliphatic carbocycles. The Labute approximate surface area is 254 Å². The van der Waals surface area contributed by atoms with Gasteiger partial charge in [0, 0.05) is 45.1 Å². The Morgan fingerprint density at radius 1 is 1.23 bits per heavy atom. The number of piperazine rings is 1. The molecule has 1 aromatic rings. The largest absolute Gasteiger partial charge is 0.476 e. The van der Waals surface area contributed by atoms with Gasteiger partial charge in [-0.3, -0.25) is 25.1 Å². The fraction of sp³-hybridized carbons (Fsp3) is 0.656. The summed E-state index contributed by atoms with van der Waals surface area (Å²) < 4.78 is 19.0. The number of ketones is 1. The van der Waals surface area contributed by atoms with E-state index in [0.717, 1.165) is 37.1 Å². The third-order valence-electron chi connectivity index (χ3n) is 10.3. The normalized spacial score (nSPS) is 36.4. The number of likely N-dealkylation sites (tertiary alicyclic amines) is 1. The van der Waals surface area contributed by atoms with Gasteiger partial charge < -0.3 is 24.0 Å². The number of nitrogens with zero attached hydrogens (tertiary/aromatic N) is 4. The van der Waals surface area contributed by atoms with Crippen molar-refractivity contribution in [2.75, 3.05) is 46.9 Å². The maximum atomic E-state index is 14.7. The quantitative estimate of drug-likeness (QED) is 0.448. The lowest BCUT2D eigenvalue weighted by Gasteiger charge is -2.55. The van der Waals surface area contributed by atoms with Gasteiger partial charge in [0.15, 0.2) is 17.7 Å². The van der Waals surface area contributed by atoms with E-state index in [1.54, 1.807) is 12.0 Å². The summed E-state index contributed by atoms with van der Waals surface area (Å²) in [7, 11) is 3.78. The van der Waals surface area contributed by atoms with E-state index in [-0.39, 0.29) is 36.2 Å². The number of Topliss-reactive ketones (excluding diaryl/α,β-unsaturated/α-hetero) is 1. The number of nitrogens with one attached hydrogen (secondary N) is 2. The van der Waals surface area contributed by atoms with E-state index in [1.165, 1.54) is 6.08 Å². The van der Waals surface area contributed by atoms with Crippen LogP contribution in [-0.4, -0.2) is 116 Å². The Morgan fingerprint density at radius 2 is 2.07 bits per heavy atom. The fourth-order valence-corrected chi connectivity index (χ4v) is 7.94. The lowest BCUT2D eigenvalue weighted by Crippen LogP contribution is -2.77. The summed E-state index contributed by atoms with van der Waals surface area (Å²) in [4.78, 5) is 33.6. The Kier molecular flexibility index (Phi) is 8.87. The molecule has 8 atom stereocenters. The van der Waals surface area contributed by atoms with Crippen LogP contribution in [0.4, 0.5) is 0 Å². The van der Waals surface area contributed by atoms with Crippen molar-refractivity contribution in [3.63, 3.8) is 0 Å². The number of para-hydroxylation sites is 1. The van der Waals surface area contributed by atoms with Crippen LogP contribution in [-0.2, 0) is 25.5 Å². The number of carbonyl (C=O) groups is 2. The van der Waals surface area contributed by atoms with Gasteiger partial charge in [-0.05, 0) is 57.0 Å². The molecule has 2 N–H and O–H groups in total. The number of rotatable bonds is 7. The molecule has 43 heavy (non-hydrogen) atoms. The van der Waals surface area contributed by atoms with Crippen LogP contribution in [0, 0.1) is 17.2 Å². The van der Waals surface area contributed by atoms with Crippen molar-refractivity contribution in [2.45, 2.75) is 80.9 Å². The predicted molar refractivity (Wildman–Crippen MR) is 159 cm³/mol. The molecule has 4 heterocycles. The molecular weight excluding hydrogens is 548 g/mol. The highest BCUT2D eigenvalue weighted by molar-refractivity contribution is 5.95. The monoisotopic (exact) mass is 592 g/mol. The molecule has 1 amide bonds. The molecule has 3 saturated heterocycles. The molecule has 1 saturated carbocycles. The minimum atomic E-state index is -1.09. The third kappa shape index (κ3) is 5.61. The summed E-state index contributed by atoms with van der Waals surface area (Å²) in [6.45, 7) is 6.88. The van der Waals surface area contributed by atoms with Gasteiger partial charge >= 0.3 is 0 Å². The van der Waals surface area contributed by atoms with Crippen molar-refractivity contribution in [1.82, 2.24) is 25.3 Å². The summed E-state index contributed by atoms with van der Waals surface area (Å²) in [5.41, 5.74) is -0.0447. The smallest absolute Gasteiger partial charge is 0.246 e. The molecule has 11 heteroatoms. The molecule has 7 unspecified atom stereocenters. The molecule has 11 nitrogen and oxygen atoms in total. The molecule has 6 rings (SSSR count). The van der Waals surface area contributed by atoms with Gasteiger partial charge in [-0.25, -0.2) is 0 Å². The summed E-state index contributed by atoms with van der Waals surface area (Å²) in [6.07, 6.45) is 4.53. The van der Waals surface area contributed by atoms with Gasteiger partial charge in [-0.2, -0.15) is 5.26 Å². The Hall–Kier alpha value is -2.85. The van der Waals surface area contributed by atoms with Crippen LogP contribution in [0.1, 0.15) is 37.7 Å². The van der Waals surface area contributed by atoms with Crippen molar-refractivity contribution in [1.29, 1.82) is 5.26 Å². The van der Waals surface area contributed by atoms with Gasteiger partial charge in [0.2, 0.25) is 5.91 Å². The van der Waals surface area contributed by atoms with E-state index in [2.05, 4.69) is 40.1 Å². The number of amides is 1. The number of likely N-dealkylation sites (N-methyl/N-ethyl adjacent to an activating group) is 1. The minimum Gasteiger partial charge on any atom is -0.476 e. The van der Waals surface area contributed by atoms with E-state index >= 15 is 0 Å². The number of methoxy groups -OCH3 is 1. The first-order valence-electron chi connectivity index (χ1n) is 15.6. The lowest BCUT2D eigenvalue weighted by atomic mass is 9.68. The molecule has 0 aromatic heterocycles. The van der Waals surface area contributed by atoms with Crippen LogP contribution < -0.4 is 15.4 Å². The molecular formula is C32H44N6O5. The van der Waals surface area contributed by atoms with E-state index in [0.29, 0.717) is 45.1 Å². The standard InChI is InChI=1S/C32H44N6O5/c1-4-27(39)38-17-16-37(19-22(38)12-14-33)30-24-11-13-32(26(41-3)18-21-8-5-6-10-25(21)43-32)29(40)28(24)34-31(35-30)42-20-23-9-7-15-36(23)2/h4-6,8,10,22-24,26,28,30-31,34-35H,1,7,9,11-13,15-20H2,2-3H3/t22?,23?,24?,26?,28?,30?,31?,32-/m1/s1. The van der Waals surface area contributed by atoms with E-state index < -0.39 is 24.1 Å². The average molecular weight is 593 g/mol. The topological polar surface area (TPSA) is 119 Å². The van der Waals surface area contributed by atoms with Crippen LogP contribution in [0.25, 0.3) is 0 Å². The van der Waals surface area contributed by atoms with Crippen LogP contribution in [0.15, 0.2) is 36.9 Å². The number of nitriles is 1. The van der Waals surface area contributed by atoms with Crippen LogP contribution in [0.5, 0.6) is 5.75 Å². The number of benzene rings is 1. The van der Waals surface area contributed by atoms with Gasteiger partial charge in [0.25, 0.3) is 0 Å². The van der Waals surface area contributed by atoms with Crippen LogP contribution in [0.3, 0.4) is 0 Å². The highest BCUT2D eigenvalue weighted by Gasteiger charge is 2.60. The van der Waals surface area contributed by atoms with E-state index in [1.807, 2.05) is 24.3 Å². The zero-order valence-electron chi connectivity index (χ0n) is 25.2. The molecule has 0 radical (unpaired) electrons. The van der Waals surface area contributed by atoms with Gasteiger partial charge in [-0.1, -0.05) is 24.8 Å². The first-order valence-corrected chi connectivity index (χ1v) is 15.6. The van der Waals surface area contributed by atoms with E-state index in [9.17, 15) is 14.9 Å². The Morgan fingerprint density at radius 3 is 2.81 bits per heavy atom.